The lowest BCUT2D eigenvalue weighted by Crippen LogP contribution is -2.51. The molecule has 0 aromatic heterocycles. The number of carbonyl (C=O) groups is 4. The summed E-state index contributed by atoms with van der Waals surface area (Å²) in [5, 5.41) is 3.74. The van der Waals surface area contributed by atoms with Crippen molar-refractivity contribution in [3.8, 4) is 0 Å². The highest BCUT2D eigenvalue weighted by molar-refractivity contribution is 6.35. The van der Waals surface area contributed by atoms with E-state index in [0.717, 1.165) is 5.69 Å². The van der Waals surface area contributed by atoms with Crippen LogP contribution in [0.1, 0.15) is 46.5 Å². The Kier molecular flexibility index (Phi) is 7.59. The van der Waals surface area contributed by atoms with Crippen LogP contribution in [-0.4, -0.2) is 65.8 Å². The van der Waals surface area contributed by atoms with Crippen molar-refractivity contribution in [2.45, 2.75) is 57.6 Å². The molecule has 33 heavy (non-hydrogen) atoms. The Balaban J connectivity index is 1.59. The molecule has 2 saturated heterocycles. The van der Waals surface area contributed by atoms with Crippen LogP contribution >= 0.6 is 23.2 Å². The Morgan fingerprint density at radius 3 is 2.18 bits per heavy atom. The number of rotatable bonds is 6. The van der Waals surface area contributed by atoms with E-state index in [-0.39, 0.29) is 37.4 Å². The molecule has 2 amide bonds. The highest BCUT2D eigenvalue weighted by Crippen LogP contribution is 2.29. The van der Waals surface area contributed by atoms with Crippen molar-refractivity contribution >= 4 is 52.5 Å². The van der Waals surface area contributed by atoms with Gasteiger partial charge in [-0.25, -0.2) is 0 Å². The summed E-state index contributed by atoms with van der Waals surface area (Å²) in [7, 11) is 0. The molecule has 0 bridgehead atoms. The van der Waals surface area contributed by atoms with Crippen molar-refractivity contribution in [3.63, 3.8) is 0 Å². The van der Waals surface area contributed by atoms with Crippen molar-refractivity contribution in [1.29, 1.82) is 0 Å². The van der Waals surface area contributed by atoms with Gasteiger partial charge in [0.05, 0.1) is 12.8 Å². The van der Waals surface area contributed by atoms with Crippen LogP contribution in [0.15, 0.2) is 18.2 Å². The van der Waals surface area contributed by atoms with E-state index in [9.17, 15) is 19.2 Å². The number of halogens is 2. The number of benzene rings is 1. The van der Waals surface area contributed by atoms with Gasteiger partial charge in [-0.05, 0) is 45.4 Å². The first-order valence-electron chi connectivity index (χ1n) is 10.9. The summed E-state index contributed by atoms with van der Waals surface area (Å²) in [5.74, 6) is -1.53. The van der Waals surface area contributed by atoms with Gasteiger partial charge in [-0.3, -0.25) is 19.2 Å². The molecule has 2 fully saturated rings. The lowest BCUT2D eigenvalue weighted by Gasteiger charge is -2.37. The first-order chi connectivity index (χ1) is 15.4. The van der Waals surface area contributed by atoms with E-state index in [1.807, 2.05) is 12.1 Å². The Labute approximate surface area is 203 Å². The van der Waals surface area contributed by atoms with E-state index in [1.54, 1.807) is 31.7 Å². The van der Waals surface area contributed by atoms with Crippen LogP contribution in [0.25, 0.3) is 0 Å². The molecule has 1 unspecified atom stereocenters. The smallest absolute Gasteiger partial charge is 0.309 e. The maximum atomic E-state index is 12.9. The molecule has 2 aliphatic rings. The van der Waals surface area contributed by atoms with Crippen molar-refractivity contribution in [2.24, 2.45) is 0 Å². The number of ketones is 1. The van der Waals surface area contributed by atoms with Gasteiger partial charge in [-0.2, -0.15) is 0 Å². The van der Waals surface area contributed by atoms with Gasteiger partial charge in [0.15, 0.2) is 5.78 Å². The normalized spacial score (nSPS) is 21.2. The van der Waals surface area contributed by atoms with Crippen LogP contribution in [0.4, 0.5) is 5.69 Å². The second kappa shape index (κ2) is 9.89. The topological polar surface area (TPSA) is 96.0 Å². The van der Waals surface area contributed by atoms with Gasteiger partial charge in [-0.15, -0.1) is 0 Å². The van der Waals surface area contributed by atoms with Gasteiger partial charge in [0, 0.05) is 48.3 Å². The molecular formula is C23H29Cl2N3O5. The largest absolute Gasteiger partial charge is 0.460 e. The average Bonchev–Trinajstić information content (AvgIpc) is 2.97. The number of hydrogen-bond acceptors (Lipinski definition) is 6. The van der Waals surface area contributed by atoms with Crippen LogP contribution in [0.2, 0.25) is 10.0 Å². The first-order valence-corrected chi connectivity index (χ1v) is 11.7. The predicted molar refractivity (Wildman–Crippen MR) is 125 cm³/mol. The fourth-order valence-corrected chi connectivity index (χ4v) is 4.68. The van der Waals surface area contributed by atoms with E-state index >= 15 is 0 Å². The number of anilines is 1. The minimum absolute atomic E-state index is 0.0395. The fraction of sp³-hybridized carbons (Fsp3) is 0.565. The Morgan fingerprint density at radius 1 is 1.06 bits per heavy atom. The predicted octanol–water partition coefficient (Wildman–Crippen LogP) is 2.98. The molecule has 1 atom stereocenters. The van der Waals surface area contributed by atoms with Gasteiger partial charge in [-0.1, -0.05) is 23.2 Å². The molecule has 2 heterocycles. The van der Waals surface area contributed by atoms with E-state index in [0.29, 0.717) is 36.2 Å². The van der Waals surface area contributed by atoms with Crippen molar-refractivity contribution in [2.75, 3.05) is 31.1 Å². The van der Waals surface area contributed by atoms with Crippen LogP contribution in [0, 0.1) is 0 Å². The number of piperazine rings is 1. The first kappa shape index (κ1) is 25.3. The highest BCUT2D eigenvalue weighted by Gasteiger charge is 2.48. The van der Waals surface area contributed by atoms with Crippen LogP contribution in [0.3, 0.4) is 0 Å². The summed E-state index contributed by atoms with van der Waals surface area (Å²) in [6.07, 6.45) is -0.485. The number of carbonyl (C=O) groups excluding carboxylic acids is 4. The van der Waals surface area contributed by atoms with Gasteiger partial charge in [0.2, 0.25) is 11.8 Å². The second-order valence-electron chi connectivity index (χ2n) is 9.49. The standard InChI is InChI=1S/C23H29Cl2N3O5/c1-22(2,3)33-21(32)14-23(18(29)13-19(30)26-23)5-4-20(31)28-8-6-27(7-9-28)17-11-15(24)10-16(25)12-17/h10-12H,4-9,13-14H2,1-3H3,(H,26,30). The van der Waals surface area contributed by atoms with Crippen LogP contribution in [0.5, 0.6) is 0 Å². The monoisotopic (exact) mass is 497 g/mol. The lowest BCUT2D eigenvalue weighted by molar-refractivity contribution is -0.158. The van der Waals surface area contributed by atoms with Crippen LogP contribution < -0.4 is 10.2 Å². The van der Waals surface area contributed by atoms with Crippen LogP contribution in [-0.2, 0) is 23.9 Å². The van der Waals surface area contributed by atoms with E-state index in [4.69, 9.17) is 27.9 Å². The molecule has 180 valence electrons. The summed E-state index contributed by atoms with van der Waals surface area (Å²) in [6, 6.07) is 5.34. The minimum Gasteiger partial charge on any atom is -0.460 e. The second-order valence-corrected chi connectivity index (χ2v) is 10.4. The SMILES string of the molecule is CC(C)(C)OC(=O)CC1(CCC(=O)N2CCN(c3cc(Cl)cc(Cl)c3)CC2)NC(=O)CC1=O. The number of hydrogen-bond donors (Lipinski definition) is 1. The molecule has 3 rings (SSSR count). The van der Waals surface area contributed by atoms with Gasteiger partial charge in [0.25, 0.3) is 0 Å². The van der Waals surface area contributed by atoms with Crippen molar-refractivity contribution < 1.29 is 23.9 Å². The molecule has 10 heteroatoms. The molecule has 1 N–H and O–H groups in total. The maximum Gasteiger partial charge on any atom is 0.309 e. The summed E-state index contributed by atoms with van der Waals surface area (Å²) >= 11 is 12.2. The molecule has 0 spiro atoms. The van der Waals surface area contributed by atoms with E-state index in [1.165, 1.54) is 0 Å². The zero-order chi connectivity index (χ0) is 24.4. The molecule has 8 nitrogen and oxygen atoms in total. The summed E-state index contributed by atoms with van der Waals surface area (Å²) < 4.78 is 5.34. The van der Waals surface area contributed by atoms with E-state index < -0.39 is 23.0 Å². The summed E-state index contributed by atoms with van der Waals surface area (Å²) in [4.78, 5) is 53.6. The number of amides is 2. The maximum absolute atomic E-state index is 12.9. The molecule has 1 aromatic rings. The molecular weight excluding hydrogens is 469 g/mol. The van der Waals surface area contributed by atoms with Crippen molar-refractivity contribution in [3.05, 3.63) is 28.2 Å². The minimum atomic E-state index is -1.39. The zero-order valence-corrected chi connectivity index (χ0v) is 20.6. The number of esters is 1. The zero-order valence-electron chi connectivity index (χ0n) is 19.1. The molecule has 1 aromatic carbocycles. The number of ether oxygens (including phenoxy) is 1. The summed E-state index contributed by atoms with van der Waals surface area (Å²) in [5.41, 5.74) is -1.21. The number of Topliss-reactive ketones (excluding diaryl/α,β-unsaturated/α-hetero) is 1. The fourth-order valence-electron chi connectivity index (χ4n) is 4.17. The molecule has 0 radical (unpaired) electrons. The van der Waals surface area contributed by atoms with Gasteiger partial charge < -0.3 is 19.9 Å². The third kappa shape index (κ3) is 6.60. The third-order valence-corrected chi connectivity index (χ3v) is 6.15. The summed E-state index contributed by atoms with van der Waals surface area (Å²) in [6.45, 7) is 7.42. The number of nitrogens with one attached hydrogen (secondary N) is 1. The Hall–Kier alpha value is -2.32. The van der Waals surface area contributed by atoms with E-state index in [2.05, 4.69) is 10.2 Å². The van der Waals surface area contributed by atoms with Gasteiger partial charge >= 0.3 is 5.97 Å². The Bertz CT molecular complexity index is 934. The Morgan fingerprint density at radius 2 is 1.67 bits per heavy atom. The highest BCUT2D eigenvalue weighted by atomic mass is 35.5. The number of nitrogens with zero attached hydrogens (tertiary/aromatic N) is 2. The molecule has 0 saturated carbocycles. The lowest BCUT2D eigenvalue weighted by atomic mass is 9.86. The van der Waals surface area contributed by atoms with Crippen molar-refractivity contribution in [1.82, 2.24) is 10.2 Å². The third-order valence-electron chi connectivity index (χ3n) is 5.71. The van der Waals surface area contributed by atoms with Gasteiger partial charge in [0.1, 0.15) is 11.1 Å². The quantitative estimate of drug-likeness (QED) is 0.479. The molecule has 0 aliphatic carbocycles. The average molecular weight is 498 g/mol. The molecule has 2 aliphatic heterocycles.